The van der Waals surface area contributed by atoms with Crippen molar-refractivity contribution in [3.63, 3.8) is 0 Å². The van der Waals surface area contributed by atoms with Crippen LogP contribution in [0, 0.1) is 13.8 Å². The van der Waals surface area contributed by atoms with Crippen LogP contribution in [0.5, 0.6) is 0 Å². The van der Waals surface area contributed by atoms with Crippen LogP contribution in [-0.2, 0) is 17.8 Å². The first-order valence-corrected chi connectivity index (χ1v) is 10.4. The predicted molar refractivity (Wildman–Crippen MR) is 119 cm³/mol. The Morgan fingerprint density at radius 3 is 2.70 bits per heavy atom. The van der Waals surface area contributed by atoms with E-state index >= 15 is 0 Å². The maximum atomic E-state index is 13.1. The summed E-state index contributed by atoms with van der Waals surface area (Å²) in [6.45, 7) is 5.81. The smallest absolute Gasteiger partial charge is 0.273 e. The molecule has 0 radical (unpaired) electrons. The first kappa shape index (κ1) is 19.9. The fraction of sp³-hybridized carbons (Fsp3) is 0.227. The molecule has 1 amide bonds. The SMILES string of the molecule is CCc1nc2c(-c3ccccn3)nsc2c(=O)n1CC(=O)Nc1ccc(C)c(C)c1. The molecule has 0 aliphatic rings. The summed E-state index contributed by atoms with van der Waals surface area (Å²) in [6.07, 6.45) is 2.19. The van der Waals surface area contributed by atoms with Gasteiger partial charge in [-0.1, -0.05) is 19.1 Å². The number of anilines is 1. The van der Waals surface area contributed by atoms with Crippen molar-refractivity contribution in [2.75, 3.05) is 5.32 Å². The lowest BCUT2D eigenvalue weighted by Crippen LogP contribution is -2.30. The maximum absolute atomic E-state index is 13.1. The monoisotopic (exact) mass is 419 g/mol. The number of amides is 1. The highest BCUT2D eigenvalue weighted by Gasteiger charge is 2.19. The van der Waals surface area contributed by atoms with E-state index in [1.165, 1.54) is 4.57 Å². The number of aromatic nitrogens is 4. The fourth-order valence-corrected chi connectivity index (χ4v) is 4.01. The number of hydrogen-bond acceptors (Lipinski definition) is 6. The van der Waals surface area contributed by atoms with Crippen LogP contribution in [0.4, 0.5) is 5.69 Å². The van der Waals surface area contributed by atoms with Gasteiger partial charge in [-0.15, -0.1) is 0 Å². The number of carbonyl (C=O) groups excluding carboxylic acids is 1. The third kappa shape index (κ3) is 3.73. The van der Waals surface area contributed by atoms with Crippen LogP contribution in [0.2, 0.25) is 0 Å². The molecule has 0 atom stereocenters. The van der Waals surface area contributed by atoms with Gasteiger partial charge in [-0.2, -0.15) is 4.37 Å². The molecule has 4 aromatic rings. The van der Waals surface area contributed by atoms with Crippen LogP contribution >= 0.6 is 11.5 Å². The van der Waals surface area contributed by atoms with Gasteiger partial charge in [0.05, 0.1) is 5.69 Å². The van der Waals surface area contributed by atoms with Crippen molar-refractivity contribution in [3.05, 3.63) is 69.9 Å². The lowest BCUT2D eigenvalue weighted by atomic mass is 10.1. The molecule has 1 aromatic carbocycles. The number of nitrogens with zero attached hydrogens (tertiary/aromatic N) is 4. The number of hydrogen-bond donors (Lipinski definition) is 1. The van der Waals surface area contributed by atoms with Crippen molar-refractivity contribution in [1.29, 1.82) is 0 Å². The lowest BCUT2D eigenvalue weighted by Gasteiger charge is -2.12. The molecule has 8 heteroatoms. The summed E-state index contributed by atoms with van der Waals surface area (Å²) in [5.41, 5.74) is 4.49. The third-order valence-corrected chi connectivity index (χ3v) is 5.80. The van der Waals surface area contributed by atoms with Crippen molar-refractivity contribution >= 4 is 33.3 Å². The van der Waals surface area contributed by atoms with Gasteiger partial charge in [0.2, 0.25) is 5.91 Å². The van der Waals surface area contributed by atoms with E-state index in [1.54, 1.807) is 6.20 Å². The van der Waals surface area contributed by atoms with E-state index in [4.69, 9.17) is 0 Å². The molecule has 7 nitrogen and oxygen atoms in total. The van der Waals surface area contributed by atoms with Crippen molar-refractivity contribution < 1.29 is 4.79 Å². The first-order chi connectivity index (χ1) is 14.5. The van der Waals surface area contributed by atoms with E-state index in [0.717, 1.165) is 22.7 Å². The standard InChI is InChI=1S/C22H21N5O2S/c1-4-17-25-20-19(16-7-5-6-10-23-16)26-30-21(20)22(29)27(17)12-18(28)24-15-9-8-13(2)14(3)11-15/h5-11H,4,12H2,1-3H3,(H,24,28). The summed E-state index contributed by atoms with van der Waals surface area (Å²) in [6, 6.07) is 11.3. The molecule has 0 unspecified atom stereocenters. The maximum Gasteiger partial charge on any atom is 0.273 e. The highest BCUT2D eigenvalue weighted by Crippen LogP contribution is 2.26. The Labute approximate surface area is 177 Å². The van der Waals surface area contributed by atoms with Gasteiger partial charge < -0.3 is 5.32 Å². The summed E-state index contributed by atoms with van der Waals surface area (Å²) in [4.78, 5) is 34.8. The number of rotatable bonds is 5. The molecule has 0 spiro atoms. The molecule has 3 heterocycles. The second kappa shape index (κ2) is 8.16. The van der Waals surface area contributed by atoms with Crippen LogP contribution in [-0.4, -0.2) is 24.8 Å². The molecule has 0 saturated carbocycles. The number of nitrogens with one attached hydrogen (secondary N) is 1. The Balaban J connectivity index is 1.69. The Bertz CT molecular complexity index is 1290. The Kier molecular flexibility index (Phi) is 5.41. The summed E-state index contributed by atoms with van der Waals surface area (Å²) >= 11 is 1.09. The highest BCUT2D eigenvalue weighted by atomic mass is 32.1. The van der Waals surface area contributed by atoms with Gasteiger partial charge in [0.15, 0.2) is 0 Å². The van der Waals surface area contributed by atoms with Crippen molar-refractivity contribution in [1.82, 2.24) is 18.9 Å². The number of benzene rings is 1. The predicted octanol–water partition coefficient (Wildman–Crippen LogP) is 3.73. The number of aryl methyl sites for hydroxylation is 3. The molecule has 0 saturated heterocycles. The Hall–Kier alpha value is -3.39. The zero-order valence-electron chi connectivity index (χ0n) is 17.0. The minimum Gasteiger partial charge on any atom is -0.325 e. The van der Waals surface area contributed by atoms with E-state index in [2.05, 4.69) is 19.7 Å². The van der Waals surface area contributed by atoms with Gasteiger partial charge in [-0.25, -0.2) is 4.98 Å². The lowest BCUT2D eigenvalue weighted by molar-refractivity contribution is -0.116. The van der Waals surface area contributed by atoms with E-state index in [1.807, 2.05) is 57.2 Å². The van der Waals surface area contributed by atoms with Crippen LogP contribution in [0.3, 0.4) is 0 Å². The van der Waals surface area contributed by atoms with Gasteiger partial charge in [-0.3, -0.25) is 19.1 Å². The number of fused-ring (bicyclic) bond motifs is 1. The summed E-state index contributed by atoms with van der Waals surface area (Å²) in [5.74, 6) is 0.269. The molecular weight excluding hydrogens is 398 g/mol. The Morgan fingerprint density at radius 1 is 1.17 bits per heavy atom. The molecule has 0 fully saturated rings. The molecule has 4 rings (SSSR count). The van der Waals surface area contributed by atoms with Gasteiger partial charge >= 0.3 is 0 Å². The zero-order valence-corrected chi connectivity index (χ0v) is 17.8. The van der Waals surface area contributed by atoms with Gasteiger partial charge in [0.25, 0.3) is 5.56 Å². The zero-order chi connectivity index (χ0) is 21.3. The minimum absolute atomic E-state index is 0.102. The first-order valence-electron chi connectivity index (χ1n) is 9.65. The minimum atomic E-state index is -0.273. The van der Waals surface area contributed by atoms with Crippen molar-refractivity contribution in [3.8, 4) is 11.4 Å². The molecule has 152 valence electrons. The number of pyridine rings is 1. The van der Waals surface area contributed by atoms with E-state index in [-0.39, 0.29) is 18.0 Å². The molecule has 0 aliphatic heterocycles. The number of carbonyl (C=O) groups is 1. The molecule has 0 aliphatic carbocycles. The van der Waals surface area contributed by atoms with Crippen molar-refractivity contribution in [2.45, 2.75) is 33.7 Å². The van der Waals surface area contributed by atoms with Crippen LogP contribution < -0.4 is 10.9 Å². The average molecular weight is 420 g/mol. The quantitative estimate of drug-likeness (QED) is 0.532. The molecule has 3 aromatic heterocycles. The van der Waals surface area contributed by atoms with Crippen molar-refractivity contribution in [2.24, 2.45) is 0 Å². The van der Waals surface area contributed by atoms with Crippen LogP contribution in [0.1, 0.15) is 23.9 Å². The largest absolute Gasteiger partial charge is 0.325 e. The second-order valence-corrected chi connectivity index (χ2v) is 7.82. The molecular formula is C22H21N5O2S. The summed E-state index contributed by atoms with van der Waals surface area (Å²) in [7, 11) is 0. The Morgan fingerprint density at radius 2 is 2.00 bits per heavy atom. The average Bonchev–Trinajstić information content (AvgIpc) is 3.17. The van der Waals surface area contributed by atoms with Crippen LogP contribution in [0.25, 0.3) is 21.6 Å². The summed E-state index contributed by atoms with van der Waals surface area (Å²) in [5, 5.41) is 2.87. The molecule has 0 bridgehead atoms. The normalized spacial score (nSPS) is 11.0. The van der Waals surface area contributed by atoms with Gasteiger partial charge in [-0.05, 0) is 60.8 Å². The van der Waals surface area contributed by atoms with Gasteiger partial charge in [0.1, 0.15) is 28.3 Å². The molecule has 30 heavy (non-hydrogen) atoms. The van der Waals surface area contributed by atoms with E-state index in [9.17, 15) is 9.59 Å². The topological polar surface area (TPSA) is 89.8 Å². The van der Waals surface area contributed by atoms with E-state index < -0.39 is 0 Å². The van der Waals surface area contributed by atoms with E-state index in [0.29, 0.717) is 39.5 Å². The molecule has 1 N–H and O–H groups in total. The fourth-order valence-electron chi connectivity index (χ4n) is 3.23. The second-order valence-electron chi connectivity index (χ2n) is 7.04. The van der Waals surface area contributed by atoms with Crippen LogP contribution in [0.15, 0.2) is 47.4 Å². The highest BCUT2D eigenvalue weighted by molar-refractivity contribution is 7.13. The van der Waals surface area contributed by atoms with Gasteiger partial charge in [0, 0.05) is 18.3 Å². The third-order valence-electron chi connectivity index (χ3n) is 4.98. The summed E-state index contributed by atoms with van der Waals surface area (Å²) < 4.78 is 6.26.